The number of aromatic nitrogens is 2. The van der Waals surface area contributed by atoms with E-state index in [4.69, 9.17) is 9.47 Å². The number of carbonyl (C=O) groups is 1. The molecule has 2 aromatic carbocycles. The van der Waals surface area contributed by atoms with E-state index in [0.29, 0.717) is 23.1 Å². The molecule has 3 aromatic rings. The van der Waals surface area contributed by atoms with Gasteiger partial charge in [0.05, 0.1) is 36.7 Å². The predicted octanol–water partition coefficient (Wildman–Crippen LogP) is 5.05. The number of hydrogen-bond acceptors (Lipinski definition) is 6. The van der Waals surface area contributed by atoms with Crippen molar-refractivity contribution in [2.24, 2.45) is 0 Å². The van der Waals surface area contributed by atoms with E-state index in [-0.39, 0.29) is 12.1 Å². The summed E-state index contributed by atoms with van der Waals surface area (Å²) in [5.41, 5.74) is 4.13. The van der Waals surface area contributed by atoms with Crippen LogP contribution in [0.3, 0.4) is 0 Å². The first-order valence-corrected chi connectivity index (χ1v) is 12.1. The first-order chi connectivity index (χ1) is 17.1. The molecule has 180 valence electrons. The van der Waals surface area contributed by atoms with Crippen LogP contribution in [0.5, 0.6) is 11.5 Å². The quantitative estimate of drug-likeness (QED) is 0.573. The summed E-state index contributed by atoms with van der Waals surface area (Å²) in [5, 5.41) is 17.4. The Morgan fingerprint density at radius 2 is 2.03 bits per heavy atom. The number of carbonyl (C=O) groups excluding carboxylic acids is 1. The maximum Gasteiger partial charge on any atom is 0.414 e. The molecule has 8 nitrogen and oxygen atoms in total. The molecule has 3 heterocycles. The fourth-order valence-electron chi connectivity index (χ4n) is 5.02. The van der Waals surface area contributed by atoms with Crippen LogP contribution in [0.2, 0.25) is 0 Å². The molecule has 1 atom stereocenters. The summed E-state index contributed by atoms with van der Waals surface area (Å²) >= 11 is 0. The molecule has 1 amide bonds. The second kappa shape index (κ2) is 9.80. The molecule has 8 heteroatoms. The normalized spacial score (nSPS) is 18.0. The number of anilines is 1. The van der Waals surface area contributed by atoms with Crippen molar-refractivity contribution in [3.8, 4) is 28.7 Å². The van der Waals surface area contributed by atoms with Gasteiger partial charge in [-0.05, 0) is 76.0 Å². The van der Waals surface area contributed by atoms with Crippen LogP contribution >= 0.6 is 0 Å². The fourth-order valence-corrected chi connectivity index (χ4v) is 5.02. The van der Waals surface area contributed by atoms with Gasteiger partial charge in [0.1, 0.15) is 11.5 Å². The second-order valence-corrected chi connectivity index (χ2v) is 9.10. The van der Waals surface area contributed by atoms with Crippen LogP contribution in [0.25, 0.3) is 11.1 Å². The Bertz CT molecular complexity index is 1270. The van der Waals surface area contributed by atoms with Gasteiger partial charge >= 0.3 is 6.09 Å². The van der Waals surface area contributed by atoms with Crippen LogP contribution in [-0.2, 0) is 11.2 Å². The molecule has 1 saturated heterocycles. The summed E-state index contributed by atoms with van der Waals surface area (Å²) in [7, 11) is 1.40. The number of nitrogens with zero attached hydrogens (tertiary/aromatic N) is 4. The molecule has 2 aliphatic rings. The zero-order chi connectivity index (χ0) is 24.4. The summed E-state index contributed by atoms with van der Waals surface area (Å²) in [5.74, 6) is 1.26. The summed E-state index contributed by atoms with van der Waals surface area (Å²) in [6, 6.07) is 13.6. The summed E-state index contributed by atoms with van der Waals surface area (Å²) in [6.07, 6.45) is 7.21. The molecule has 1 aromatic heterocycles. The van der Waals surface area contributed by atoms with Crippen molar-refractivity contribution in [1.29, 1.82) is 5.26 Å². The van der Waals surface area contributed by atoms with Crippen molar-refractivity contribution in [2.45, 2.75) is 44.7 Å². The van der Waals surface area contributed by atoms with Gasteiger partial charge in [-0.2, -0.15) is 10.4 Å². The molecule has 1 N–H and O–H groups in total. The fraction of sp³-hybridized carbons (Fsp3) is 0.370. The number of benzene rings is 2. The van der Waals surface area contributed by atoms with Crippen molar-refractivity contribution < 1.29 is 14.3 Å². The highest BCUT2D eigenvalue weighted by Gasteiger charge is 2.32. The van der Waals surface area contributed by atoms with E-state index in [2.05, 4.69) is 27.4 Å². The van der Waals surface area contributed by atoms with Gasteiger partial charge < -0.3 is 14.8 Å². The van der Waals surface area contributed by atoms with E-state index >= 15 is 0 Å². The number of amides is 1. The zero-order valence-corrected chi connectivity index (χ0v) is 20.0. The average Bonchev–Trinajstić information content (AvgIpc) is 3.39. The molecule has 0 bridgehead atoms. The molecular weight excluding hydrogens is 442 g/mol. The predicted molar refractivity (Wildman–Crippen MR) is 133 cm³/mol. The number of hydrogen-bond donors (Lipinski definition) is 1. The second-order valence-electron chi connectivity index (χ2n) is 9.10. The molecule has 5 rings (SSSR count). The van der Waals surface area contributed by atoms with Gasteiger partial charge in [-0.25, -0.2) is 4.79 Å². The van der Waals surface area contributed by atoms with Gasteiger partial charge in [-0.1, -0.05) is 6.07 Å². The minimum atomic E-state index is -0.387. The van der Waals surface area contributed by atoms with E-state index in [1.165, 1.54) is 7.11 Å². The lowest BCUT2D eigenvalue weighted by Gasteiger charge is -2.35. The number of rotatable bonds is 4. The first-order valence-electron chi connectivity index (χ1n) is 12.1. The van der Waals surface area contributed by atoms with Gasteiger partial charge in [0.15, 0.2) is 0 Å². The standard InChI is InChI=1S/C27H29N5O3/c1-18-6-7-24-25(32(18)27(33)34-2)9-8-23(26(24)35-22-5-3-4-19(14-22)15-28)20-16-30-31(17-20)21-10-12-29-13-11-21/h3-5,8-9,14,16-18,21,29H,6-7,10-13H2,1-2H3. The van der Waals surface area contributed by atoms with Crippen LogP contribution in [-0.4, -0.2) is 42.1 Å². The lowest BCUT2D eigenvalue weighted by Crippen LogP contribution is -2.42. The van der Waals surface area contributed by atoms with E-state index < -0.39 is 0 Å². The summed E-state index contributed by atoms with van der Waals surface area (Å²) in [4.78, 5) is 14.3. The molecule has 1 unspecified atom stereocenters. The van der Waals surface area contributed by atoms with Gasteiger partial charge in [0.2, 0.25) is 0 Å². The SMILES string of the molecule is COC(=O)N1c2ccc(-c3cnn(C4CCNCC4)c3)c(Oc3cccc(C#N)c3)c2CCC1C. The molecule has 1 fully saturated rings. The lowest BCUT2D eigenvalue weighted by molar-refractivity contribution is 0.175. The minimum Gasteiger partial charge on any atom is -0.456 e. The molecule has 0 saturated carbocycles. The number of nitriles is 1. The molecule has 0 aliphatic carbocycles. The Labute approximate surface area is 205 Å². The third kappa shape index (κ3) is 4.47. The van der Waals surface area contributed by atoms with E-state index in [9.17, 15) is 10.1 Å². The molecule has 2 aliphatic heterocycles. The number of methoxy groups -OCH3 is 1. The minimum absolute atomic E-state index is 0.0122. The number of fused-ring (bicyclic) bond motifs is 1. The van der Waals surface area contributed by atoms with Crippen LogP contribution in [0.4, 0.5) is 10.5 Å². The van der Waals surface area contributed by atoms with Crippen molar-refractivity contribution in [3.63, 3.8) is 0 Å². The Kier molecular flexibility index (Phi) is 6.43. The van der Waals surface area contributed by atoms with Crippen molar-refractivity contribution in [1.82, 2.24) is 15.1 Å². The van der Waals surface area contributed by atoms with Gasteiger partial charge in [0, 0.05) is 28.9 Å². The Balaban J connectivity index is 1.61. The monoisotopic (exact) mass is 471 g/mol. The molecule has 35 heavy (non-hydrogen) atoms. The third-order valence-corrected chi connectivity index (χ3v) is 6.90. The highest BCUT2D eigenvalue weighted by atomic mass is 16.5. The molecule has 0 spiro atoms. The van der Waals surface area contributed by atoms with Gasteiger partial charge in [-0.15, -0.1) is 0 Å². The van der Waals surface area contributed by atoms with E-state index in [0.717, 1.165) is 61.2 Å². The van der Waals surface area contributed by atoms with Crippen molar-refractivity contribution in [3.05, 3.63) is 59.9 Å². The topological polar surface area (TPSA) is 92.4 Å². The van der Waals surface area contributed by atoms with Crippen LogP contribution in [0.15, 0.2) is 48.8 Å². The lowest BCUT2D eigenvalue weighted by atomic mass is 9.92. The third-order valence-electron chi connectivity index (χ3n) is 6.90. The van der Waals surface area contributed by atoms with Gasteiger partial charge in [0.25, 0.3) is 0 Å². The van der Waals surface area contributed by atoms with Crippen LogP contribution in [0, 0.1) is 11.3 Å². The maximum atomic E-state index is 12.6. The highest BCUT2D eigenvalue weighted by Crippen LogP contribution is 2.45. The van der Waals surface area contributed by atoms with Gasteiger partial charge in [-0.3, -0.25) is 9.58 Å². The highest BCUT2D eigenvalue weighted by molar-refractivity contribution is 5.92. The van der Waals surface area contributed by atoms with E-state index in [1.54, 1.807) is 23.1 Å². The zero-order valence-electron chi connectivity index (χ0n) is 20.0. The van der Waals surface area contributed by atoms with Crippen molar-refractivity contribution in [2.75, 3.05) is 25.1 Å². The number of nitrogens with one attached hydrogen (secondary N) is 1. The average molecular weight is 472 g/mol. The Morgan fingerprint density at radius 3 is 2.80 bits per heavy atom. The molecule has 0 radical (unpaired) electrons. The largest absolute Gasteiger partial charge is 0.456 e. The number of ether oxygens (including phenoxy) is 2. The van der Waals surface area contributed by atoms with E-state index in [1.807, 2.05) is 31.3 Å². The Morgan fingerprint density at radius 1 is 1.20 bits per heavy atom. The summed E-state index contributed by atoms with van der Waals surface area (Å²) in [6.45, 7) is 4.00. The van der Waals surface area contributed by atoms with Crippen LogP contribution < -0.4 is 15.0 Å². The summed E-state index contributed by atoms with van der Waals surface area (Å²) < 4.78 is 13.6. The maximum absolute atomic E-state index is 12.6. The van der Waals surface area contributed by atoms with Crippen LogP contribution in [0.1, 0.15) is 43.4 Å². The number of piperidine rings is 1. The van der Waals surface area contributed by atoms with Crippen molar-refractivity contribution >= 4 is 11.8 Å². The molecular formula is C27H29N5O3. The first kappa shape index (κ1) is 22.9. The smallest absolute Gasteiger partial charge is 0.414 e. The Hall–Kier alpha value is -3.83.